The van der Waals surface area contributed by atoms with E-state index < -0.39 is 11.9 Å². The lowest BCUT2D eigenvalue weighted by Gasteiger charge is -2.27. The summed E-state index contributed by atoms with van der Waals surface area (Å²) >= 11 is 13.2. The van der Waals surface area contributed by atoms with Crippen molar-refractivity contribution >= 4 is 57.9 Å². The molecule has 0 aliphatic carbocycles. The molecule has 0 unspecified atom stereocenters. The summed E-state index contributed by atoms with van der Waals surface area (Å²) in [6.45, 7) is 5.08. The molecular weight excluding hydrogens is 457 g/mol. The van der Waals surface area contributed by atoms with E-state index in [9.17, 15) is 19.5 Å². The van der Waals surface area contributed by atoms with E-state index in [4.69, 9.17) is 23.2 Å². The molecule has 3 aromatic rings. The molecule has 0 saturated carbocycles. The van der Waals surface area contributed by atoms with Crippen LogP contribution in [0.15, 0.2) is 48.5 Å². The highest BCUT2D eigenvalue weighted by atomic mass is 35.5. The Morgan fingerprint density at radius 2 is 1.65 bits per heavy atom. The van der Waals surface area contributed by atoms with Gasteiger partial charge < -0.3 is 10.0 Å². The summed E-state index contributed by atoms with van der Waals surface area (Å²) in [4.78, 5) is 39.0. The first kappa shape index (κ1) is 23.0. The minimum Gasteiger partial charge on any atom is -0.477 e. The van der Waals surface area contributed by atoms with Crippen LogP contribution in [0.25, 0.3) is 10.4 Å². The van der Waals surface area contributed by atoms with E-state index in [-0.39, 0.29) is 33.0 Å². The smallest absolute Gasteiger partial charge is 0.348 e. The highest BCUT2D eigenvalue weighted by molar-refractivity contribution is 7.18. The Hall–Kier alpha value is -2.67. The Labute approximate surface area is 193 Å². The predicted octanol–water partition coefficient (Wildman–Crippen LogP) is 6.68. The molecule has 8 heteroatoms. The van der Waals surface area contributed by atoms with E-state index in [1.807, 2.05) is 0 Å². The lowest BCUT2D eigenvalue weighted by Crippen LogP contribution is -2.37. The number of benzene rings is 2. The molecule has 160 valence electrons. The largest absolute Gasteiger partial charge is 0.477 e. The third kappa shape index (κ3) is 4.82. The maximum atomic E-state index is 13.3. The van der Waals surface area contributed by atoms with Crippen LogP contribution in [0.1, 0.15) is 51.2 Å². The molecule has 0 bridgehead atoms. The van der Waals surface area contributed by atoms with E-state index in [1.54, 1.807) is 50.2 Å². The number of rotatable bonds is 6. The maximum absolute atomic E-state index is 13.3. The molecular formula is C23H19Cl2NO4S. The number of thiophene rings is 1. The zero-order chi connectivity index (χ0) is 22.9. The Balaban J connectivity index is 2.10. The average molecular weight is 476 g/mol. The number of carboxylic acid groups (broad SMARTS) is 1. The molecule has 3 rings (SSSR count). The fourth-order valence-electron chi connectivity index (χ4n) is 3.14. The number of nitrogens with zero attached hydrogens (tertiary/aromatic N) is 1. The molecule has 31 heavy (non-hydrogen) atoms. The Bertz CT molecular complexity index is 1170. The third-order valence-electron chi connectivity index (χ3n) is 4.64. The first-order valence-electron chi connectivity index (χ1n) is 9.37. The minimum atomic E-state index is -1.13. The molecule has 0 atom stereocenters. The van der Waals surface area contributed by atoms with Gasteiger partial charge in [0.1, 0.15) is 4.88 Å². The number of carboxylic acids is 1. The van der Waals surface area contributed by atoms with Crippen molar-refractivity contribution in [2.45, 2.75) is 26.8 Å². The van der Waals surface area contributed by atoms with Gasteiger partial charge in [0.15, 0.2) is 5.78 Å². The number of anilines is 1. The Morgan fingerprint density at radius 1 is 1.00 bits per heavy atom. The van der Waals surface area contributed by atoms with Crippen LogP contribution < -0.4 is 4.90 Å². The second-order valence-electron chi connectivity index (χ2n) is 7.16. The summed E-state index contributed by atoms with van der Waals surface area (Å²) < 4.78 is 0. The first-order valence-corrected chi connectivity index (χ1v) is 10.9. The summed E-state index contributed by atoms with van der Waals surface area (Å²) in [5.41, 5.74) is 1.84. The normalized spacial score (nSPS) is 10.9. The molecule has 0 radical (unpaired) electrons. The molecule has 5 nitrogen and oxygen atoms in total. The van der Waals surface area contributed by atoms with Crippen LogP contribution >= 0.6 is 34.5 Å². The van der Waals surface area contributed by atoms with Crippen molar-refractivity contribution in [3.63, 3.8) is 0 Å². The molecule has 0 spiro atoms. The predicted molar refractivity (Wildman–Crippen MR) is 125 cm³/mol. The van der Waals surface area contributed by atoms with Gasteiger partial charge in [0.25, 0.3) is 5.91 Å². The van der Waals surface area contributed by atoms with Crippen LogP contribution in [0.4, 0.5) is 5.69 Å². The molecule has 0 aliphatic heterocycles. The molecule has 2 aromatic carbocycles. The van der Waals surface area contributed by atoms with Gasteiger partial charge >= 0.3 is 5.97 Å². The minimum absolute atomic E-state index is 0.0396. The first-order chi connectivity index (χ1) is 14.6. The number of carbonyl (C=O) groups excluding carboxylic acids is 2. The van der Waals surface area contributed by atoms with E-state index in [0.717, 1.165) is 16.9 Å². The number of Topliss-reactive ketones (excluding diaryl/α,β-unsaturated/α-hetero) is 1. The van der Waals surface area contributed by atoms with E-state index >= 15 is 0 Å². The molecule has 1 N–H and O–H groups in total. The molecule has 1 heterocycles. The Morgan fingerprint density at radius 3 is 2.16 bits per heavy atom. The number of amides is 1. The van der Waals surface area contributed by atoms with Crippen molar-refractivity contribution in [1.82, 2.24) is 0 Å². The van der Waals surface area contributed by atoms with Crippen LogP contribution in [0.3, 0.4) is 0 Å². The summed E-state index contributed by atoms with van der Waals surface area (Å²) in [6.07, 6.45) is 0. The number of halogens is 2. The van der Waals surface area contributed by atoms with Gasteiger partial charge in [-0.15, -0.1) is 11.3 Å². The van der Waals surface area contributed by atoms with Crippen LogP contribution in [-0.2, 0) is 0 Å². The molecule has 0 saturated heterocycles. The fraction of sp³-hybridized carbons (Fsp3) is 0.174. The molecule has 1 aromatic heterocycles. The standard InChI is InChI=1S/C23H19Cl2NO4S/c1-12(2)26(22(28)17-9-8-16(24)10-18(17)25)19-11-20(31-21(19)23(29)30)15-6-4-14(5-7-15)13(3)27/h4-12H,1-3H3,(H,29,30). The van der Waals surface area contributed by atoms with Crippen molar-refractivity contribution in [3.05, 3.63) is 74.6 Å². The third-order valence-corrected chi connectivity index (χ3v) is 6.35. The highest BCUT2D eigenvalue weighted by Crippen LogP contribution is 2.39. The van der Waals surface area contributed by atoms with Gasteiger partial charge in [-0.25, -0.2) is 4.79 Å². The summed E-state index contributed by atoms with van der Waals surface area (Å²) in [5.74, 6) is -1.61. The van der Waals surface area contributed by atoms with Gasteiger partial charge in [-0.3, -0.25) is 9.59 Å². The lowest BCUT2D eigenvalue weighted by molar-refractivity contribution is 0.0702. The second kappa shape index (κ2) is 9.22. The summed E-state index contributed by atoms with van der Waals surface area (Å²) in [6, 6.07) is 12.8. The summed E-state index contributed by atoms with van der Waals surface area (Å²) in [7, 11) is 0. The van der Waals surface area contributed by atoms with Gasteiger partial charge in [-0.1, -0.05) is 47.5 Å². The SMILES string of the molecule is CC(=O)c1ccc(-c2cc(N(C(=O)c3ccc(Cl)cc3Cl)C(C)C)c(C(=O)O)s2)cc1. The number of carbonyl (C=O) groups is 3. The van der Waals surface area contributed by atoms with Crippen molar-refractivity contribution in [2.75, 3.05) is 4.90 Å². The number of hydrogen-bond donors (Lipinski definition) is 1. The molecule has 0 aliphatic rings. The second-order valence-corrected chi connectivity index (χ2v) is 9.05. The quantitative estimate of drug-likeness (QED) is 0.403. The average Bonchev–Trinajstić information content (AvgIpc) is 3.13. The summed E-state index contributed by atoms with van der Waals surface area (Å²) in [5, 5.41) is 10.4. The number of ketones is 1. The van der Waals surface area contributed by atoms with E-state index in [1.165, 1.54) is 24.0 Å². The monoisotopic (exact) mass is 475 g/mol. The van der Waals surface area contributed by atoms with Crippen molar-refractivity contribution < 1.29 is 19.5 Å². The van der Waals surface area contributed by atoms with Gasteiger partial charge in [-0.2, -0.15) is 0 Å². The molecule has 1 amide bonds. The Kier molecular flexibility index (Phi) is 6.84. The van der Waals surface area contributed by atoms with Gasteiger partial charge in [0, 0.05) is 21.5 Å². The van der Waals surface area contributed by atoms with Crippen LogP contribution in [0.5, 0.6) is 0 Å². The number of hydrogen-bond acceptors (Lipinski definition) is 4. The van der Waals surface area contributed by atoms with Gasteiger partial charge in [0.2, 0.25) is 0 Å². The van der Waals surface area contributed by atoms with Gasteiger partial charge in [-0.05, 0) is 50.6 Å². The van der Waals surface area contributed by atoms with Crippen LogP contribution in [0.2, 0.25) is 10.0 Å². The van der Waals surface area contributed by atoms with Gasteiger partial charge in [0.05, 0.1) is 16.3 Å². The fourth-order valence-corrected chi connectivity index (χ4v) is 4.62. The van der Waals surface area contributed by atoms with Crippen molar-refractivity contribution in [3.8, 4) is 10.4 Å². The zero-order valence-electron chi connectivity index (χ0n) is 17.0. The van der Waals surface area contributed by atoms with Crippen molar-refractivity contribution in [2.24, 2.45) is 0 Å². The van der Waals surface area contributed by atoms with Crippen LogP contribution in [-0.4, -0.2) is 28.8 Å². The lowest BCUT2D eigenvalue weighted by atomic mass is 10.1. The number of aromatic carboxylic acids is 1. The van der Waals surface area contributed by atoms with E-state index in [2.05, 4.69) is 0 Å². The maximum Gasteiger partial charge on any atom is 0.348 e. The van der Waals surface area contributed by atoms with Crippen molar-refractivity contribution in [1.29, 1.82) is 0 Å². The topological polar surface area (TPSA) is 74.7 Å². The molecule has 0 fully saturated rings. The van der Waals surface area contributed by atoms with Crippen LogP contribution in [0, 0.1) is 0 Å². The zero-order valence-corrected chi connectivity index (χ0v) is 19.3. The van der Waals surface area contributed by atoms with E-state index in [0.29, 0.717) is 15.5 Å². The highest BCUT2D eigenvalue weighted by Gasteiger charge is 2.29.